The monoisotopic (exact) mass is 836 g/mol. The average Bonchev–Trinajstić information content (AvgIpc) is 3.23. The number of aliphatic hydroxyl groups excluding tert-OH is 2. The van der Waals surface area contributed by atoms with Gasteiger partial charge in [-0.15, -0.1) is 0 Å². The maximum absolute atomic E-state index is 11.0. The van der Waals surface area contributed by atoms with Crippen molar-refractivity contribution in [3.8, 4) is 0 Å². The van der Waals surface area contributed by atoms with Crippen LogP contribution in [0.1, 0.15) is 290 Å². The molecule has 0 aliphatic rings. The van der Waals surface area contributed by atoms with E-state index in [2.05, 4.69) is 36.3 Å². The summed E-state index contributed by atoms with van der Waals surface area (Å²) in [6, 6.07) is 0. The highest BCUT2D eigenvalue weighted by molar-refractivity contribution is 4.72. The Balaban J connectivity index is 4.17. The van der Waals surface area contributed by atoms with E-state index in [9.17, 15) is 10.2 Å². The number of rotatable bonds is 53. The lowest BCUT2D eigenvalue weighted by Crippen LogP contribution is -2.44. The molecule has 5 heteroatoms. The second kappa shape index (κ2) is 52.1. The number of aliphatic hydroxyl groups is 2. The van der Waals surface area contributed by atoms with Gasteiger partial charge < -0.3 is 20.8 Å². The third-order valence-electron chi connectivity index (χ3n) is 12.9. The molecular weight excluding hydrogens is 723 g/mol. The summed E-state index contributed by atoms with van der Waals surface area (Å²) < 4.78 is 0. The molecule has 0 aromatic rings. The predicted octanol–water partition coefficient (Wildman–Crippen LogP) is 15.6. The Morgan fingerprint density at radius 1 is 0.288 bits per heavy atom. The lowest BCUT2D eigenvalue weighted by molar-refractivity contribution is 0.0679. The van der Waals surface area contributed by atoms with Gasteiger partial charge in [-0.05, 0) is 38.9 Å². The van der Waals surface area contributed by atoms with Gasteiger partial charge in [0.25, 0.3) is 0 Å². The van der Waals surface area contributed by atoms with Crippen LogP contribution in [0.5, 0.6) is 0 Å². The summed E-state index contributed by atoms with van der Waals surface area (Å²) in [5.74, 6) is 0. The summed E-state index contributed by atoms with van der Waals surface area (Å²) in [7, 11) is 0. The van der Waals surface area contributed by atoms with Crippen LogP contribution in [0.4, 0.5) is 0 Å². The van der Waals surface area contributed by atoms with Crippen molar-refractivity contribution in [3.05, 3.63) is 0 Å². The third-order valence-corrected chi connectivity index (χ3v) is 12.9. The molecule has 0 aromatic heterocycles. The Hall–Kier alpha value is -0.200. The van der Waals surface area contributed by atoms with Crippen LogP contribution in [0.25, 0.3) is 0 Å². The summed E-state index contributed by atoms with van der Waals surface area (Å²) >= 11 is 0. The van der Waals surface area contributed by atoms with E-state index in [4.69, 9.17) is 0 Å². The lowest BCUT2D eigenvalue weighted by atomic mass is 10.0. The summed E-state index contributed by atoms with van der Waals surface area (Å²) in [5, 5.41) is 29.1. The van der Waals surface area contributed by atoms with Crippen LogP contribution in [-0.2, 0) is 0 Å². The van der Waals surface area contributed by atoms with Crippen molar-refractivity contribution in [1.82, 2.24) is 15.5 Å². The van der Waals surface area contributed by atoms with E-state index in [1.54, 1.807) is 0 Å². The van der Waals surface area contributed by atoms with E-state index in [0.717, 1.165) is 26.1 Å². The molecule has 5 nitrogen and oxygen atoms in total. The van der Waals surface area contributed by atoms with E-state index in [1.165, 1.54) is 263 Å². The van der Waals surface area contributed by atoms with Crippen molar-refractivity contribution in [2.75, 3.05) is 45.8 Å². The molecule has 0 aromatic carbocycles. The first kappa shape index (κ1) is 58.8. The van der Waals surface area contributed by atoms with Crippen LogP contribution in [0, 0.1) is 0 Å². The smallest absolute Gasteiger partial charge is 0.0791 e. The zero-order valence-electron chi connectivity index (χ0n) is 41.1. The maximum atomic E-state index is 11.0. The third kappa shape index (κ3) is 50.3. The topological polar surface area (TPSA) is 67.8 Å². The largest absolute Gasteiger partial charge is 0.390 e. The first-order chi connectivity index (χ1) is 29.1. The maximum Gasteiger partial charge on any atom is 0.0791 e. The molecule has 356 valence electrons. The standard InChI is InChI=1S/C54H113N3O2/c1-4-7-10-13-16-19-22-25-28-31-34-37-40-43-46-55-49-53(58)51-57(48-45-42-39-36-33-30-27-24-21-18-15-12-9-6-3)52-54(59)50-56-47-44-41-38-35-32-29-26-23-20-17-14-11-8-5-2/h53-56,58-59H,4-52H2,1-3H3. The van der Waals surface area contributed by atoms with Crippen molar-refractivity contribution in [3.63, 3.8) is 0 Å². The fraction of sp³-hybridized carbons (Fsp3) is 1.00. The minimum Gasteiger partial charge on any atom is -0.390 e. The molecule has 4 N–H and O–H groups in total. The molecule has 0 heterocycles. The quantitative estimate of drug-likeness (QED) is 0.0460. The Kier molecular flexibility index (Phi) is 52.0. The van der Waals surface area contributed by atoms with Crippen molar-refractivity contribution in [2.24, 2.45) is 0 Å². The minimum atomic E-state index is -0.385. The molecule has 0 bridgehead atoms. The van der Waals surface area contributed by atoms with E-state index in [0.29, 0.717) is 26.2 Å². The van der Waals surface area contributed by atoms with Gasteiger partial charge in [-0.1, -0.05) is 271 Å². The first-order valence-electron chi connectivity index (χ1n) is 27.6. The molecular formula is C54H113N3O2. The Morgan fingerprint density at radius 2 is 0.492 bits per heavy atom. The molecule has 2 atom stereocenters. The molecule has 0 rings (SSSR count). The summed E-state index contributed by atoms with van der Waals surface area (Å²) in [4.78, 5) is 2.35. The Labute approximate surface area is 373 Å². The highest BCUT2D eigenvalue weighted by atomic mass is 16.3. The normalized spacial score (nSPS) is 12.9. The molecule has 59 heavy (non-hydrogen) atoms. The number of nitrogens with one attached hydrogen (secondary N) is 2. The molecule has 0 radical (unpaired) electrons. The van der Waals surface area contributed by atoms with Crippen LogP contribution in [-0.4, -0.2) is 73.1 Å². The fourth-order valence-electron chi connectivity index (χ4n) is 8.94. The van der Waals surface area contributed by atoms with Gasteiger partial charge in [0.05, 0.1) is 12.2 Å². The minimum absolute atomic E-state index is 0.385. The number of nitrogens with zero attached hydrogens (tertiary/aromatic N) is 1. The summed E-state index contributed by atoms with van der Waals surface area (Å²) in [6.07, 6.45) is 57.3. The molecule has 0 saturated carbocycles. The summed E-state index contributed by atoms with van der Waals surface area (Å²) in [6.45, 7) is 12.5. The zero-order valence-corrected chi connectivity index (χ0v) is 41.1. The molecule has 0 fully saturated rings. The van der Waals surface area contributed by atoms with Gasteiger partial charge >= 0.3 is 0 Å². The van der Waals surface area contributed by atoms with Crippen LogP contribution in [0.2, 0.25) is 0 Å². The van der Waals surface area contributed by atoms with Crippen LogP contribution >= 0.6 is 0 Å². The molecule has 0 aliphatic carbocycles. The van der Waals surface area contributed by atoms with E-state index in [1.807, 2.05) is 0 Å². The van der Waals surface area contributed by atoms with Gasteiger partial charge in [0.1, 0.15) is 0 Å². The predicted molar refractivity (Wildman–Crippen MR) is 265 cm³/mol. The van der Waals surface area contributed by atoms with E-state index < -0.39 is 0 Å². The molecule has 0 aliphatic heterocycles. The van der Waals surface area contributed by atoms with E-state index >= 15 is 0 Å². The molecule has 0 amide bonds. The van der Waals surface area contributed by atoms with Crippen molar-refractivity contribution >= 4 is 0 Å². The first-order valence-corrected chi connectivity index (χ1v) is 27.6. The lowest BCUT2D eigenvalue weighted by Gasteiger charge is -2.27. The van der Waals surface area contributed by atoms with Gasteiger partial charge in [-0.25, -0.2) is 0 Å². The second-order valence-corrected chi connectivity index (χ2v) is 19.3. The second-order valence-electron chi connectivity index (χ2n) is 19.3. The fourth-order valence-corrected chi connectivity index (χ4v) is 8.94. The van der Waals surface area contributed by atoms with Crippen LogP contribution in [0.3, 0.4) is 0 Å². The SMILES string of the molecule is CCCCCCCCCCCCCCCCNCC(O)CN(CCCCCCCCCCCCCCCC)CC(O)CNCCCCCCCCCCCCCCCC. The summed E-state index contributed by atoms with van der Waals surface area (Å²) in [5.41, 5.74) is 0. The highest BCUT2D eigenvalue weighted by Gasteiger charge is 2.16. The van der Waals surface area contributed by atoms with Gasteiger partial charge in [-0.3, -0.25) is 4.90 Å². The van der Waals surface area contributed by atoms with Crippen LogP contribution < -0.4 is 10.6 Å². The van der Waals surface area contributed by atoms with Gasteiger partial charge in [0.2, 0.25) is 0 Å². The molecule has 0 spiro atoms. The van der Waals surface area contributed by atoms with Crippen LogP contribution in [0.15, 0.2) is 0 Å². The van der Waals surface area contributed by atoms with Crippen molar-refractivity contribution in [1.29, 1.82) is 0 Å². The van der Waals surface area contributed by atoms with Gasteiger partial charge in [-0.2, -0.15) is 0 Å². The van der Waals surface area contributed by atoms with Crippen molar-refractivity contribution in [2.45, 2.75) is 303 Å². The number of unbranched alkanes of at least 4 members (excludes halogenated alkanes) is 39. The van der Waals surface area contributed by atoms with Crippen molar-refractivity contribution < 1.29 is 10.2 Å². The average molecular weight is 837 g/mol. The van der Waals surface area contributed by atoms with E-state index in [-0.39, 0.29) is 12.2 Å². The highest BCUT2D eigenvalue weighted by Crippen LogP contribution is 2.16. The molecule has 2 unspecified atom stereocenters. The number of hydrogen-bond donors (Lipinski definition) is 4. The Bertz CT molecular complexity index is 694. The Morgan fingerprint density at radius 3 is 0.729 bits per heavy atom. The zero-order chi connectivity index (χ0) is 42.8. The van der Waals surface area contributed by atoms with Gasteiger partial charge in [0.15, 0.2) is 0 Å². The number of hydrogen-bond acceptors (Lipinski definition) is 5. The van der Waals surface area contributed by atoms with Gasteiger partial charge in [0, 0.05) is 26.2 Å². The molecule has 0 saturated heterocycles.